The second kappa shape index (κ2) is 7.15. The molecule has 22 heavy (non-hydrogen) atoms. The van der Waals surface area contributed by atoms with Crippen molar-refractivity contribution in [2.45, 2.75) is 12.6 Å². The monoisotopic (exact) mass is 336 g/mol. The molecule has 0 fully saturated rings. The van der Waals surface area contributed by atoms with Crippen LogP contribution in [0.2, 0.25) is 10.0 Å². The van der Waals surface area contributed by atoms with Crippen LogP contribution in [0, 0.1) is 22.7 Å². The summed E-state index contributed by atoms with van der Waals surface area (Å²) in [5.74, 6) is 0.358. The van der Waals surface area contributed by atoms with Crippen LogP contribution in [0.5, 0.6) is 5.75 Å². The first-order valence-electron chi connectivity index (χ1n) is 6.16. The zero-order valence-corrected chi connectivity index (χ0v) is 12.7. The molecular formula is C14H10Cl2N4O2. The number of imidazole rings is 1. The highest BCUT2D eigenvalue weighted by molar-refractivity contribution is 6.34. The van der Waals surface area contributed by atoms with Gasteiger partial charge >= 0.3 is 0 Å². The average molecular weight is 337 g/mol. The zero-order valence-electron chi connectivity index (χ0n) is 11.2. The minimum Gasteiger partial charge on any atom is -0.489 e. The van der Waals surface area contributed by atoms with Crippen LogP contribution in [0.25, 0.3) is 0 Å². The lowest BCUT2D eigenvalue weighted by Crippen LogP contribution is -2.24. The number of rotatable bonds is 5. The van der Waals surface area contributed by atoms with Crippen LogP contribution in [0.4, 0.5) is 0 Å². The number of nitrogens with zero attached hydrogens (tertiary/aromatic N) is 4. The van der Waals surface area contributed by atoms with E-state index in [1.165, 1.54) is 10.9 Å². The van der Waals surface area contributed by atoms with Crippen molar-refractivity contribution >= 4 is 23.2 Å². The van der Waals surface area contributed by atoms with Crippen molar-refractivity contribution in [2.75, 3.05) is 6.61 Å². The molecule has 0 bridgehead atoms. The van der Waals surface area contributed by atoms with Gasteiger partial charge in [0.2, 0.25) is 0 Å². The predicted molar refractivity (Wildman–Crippen MR) is 79.6 cm³/mol. The molecule has 0 aliphatic rings. The topological polar surface area (TPSA) is 94.9 Å². The van der Waals surface area contributed by atoms with Crippen LogP contribution in [-0.4, -0.2) is 27.4 Å². The van der Waals surface area contributed by atoms with Gasteiger partial charge in [-0.1, -0.05) is 23.2 Å². The summed E-state index contributed by atoms with van der Waals surface area (Å²) in [6, 6.07) is 8.45. The molecule has 1 N–H and O–H groups in total. The molecule has 2 aromatic rings. The molecule has 8 heteroatoms. The summed E-state index contributed by atoms with van der Waals surface area (Å²) in [6.07, 6.45) is 0.412. The molecule has 0 saturated heterocycles. The molecule has 1 atom stereocenters. The Hall–Kier alpha value is -2.25. The summed E-state index contributed by atoms with van der Waals surface area (Å²) in [5.41, 5.74) is 0.121. The van der Waals surface area contributed by atoms with Crippen molar-refractivity contribution < 1.29 is 9.84 Å². The number of nitriles is 2. The average Bonchev–Trinajstić information content (AvgIpc) is 2.89. The molecule has 0 radical (unpaired) electrons. The molecule has 1 heterocycles. The highest BCUT2D eigenvalue weighted by Crippen LogP contribution is 2.27. The molecule has 1 aromatic carbocycles. The minimum atomic E-state index is -0.914. The van der Waals surface area contributed by atoms with Gasteiger partial charge in [0.1, 0.15) is 30.6 Å². The third-order valence-corrected chi connectivity index (χ3v) is 3.33. The van der Waals surface area contributed by atoms with Gasteiger partial charge in [-0.2, -0.15) is 10.5 Å². The number of aliphatic hydroxyl groups excluding tert-OH is 1. The molecule has 1 aromatic heterocycles. The molecule has 6 nitrogen and oxygen atoms in total. The van der Waals surface area contributed by atoms with Crippen molar-refractivity contribution in [1.29, 1.82) is 10.5 Å². The molecule has 0 amide bonds. The lowest BCUT2D eigenvalue weighted by atomic mass is 10.3. The normalized spacial score (nSPS) is 11.5. The number of aliphatic hydroxyl groups is 1. The molecule has 2 rings (SSSR count). The summed E-state index contributed by atoms with van der Waals surface area (Å²) in [5, 5.41) is 28.6. The number of aromatic nitrogens is 2. The Morgan fingerprint density at radius 3 is 2.77 bits per heavy atom. The van der Waals surface area contributed by atoms with E-state index in [1.54, 1.807) is 18.2 Å². The Morgan fingerprint density at radius 2 is 2.09 bits per heavy atom. The lowest BCUT2D eigenvalue weighted by molar-refractivity contribution is 0.0923. The van der Waals surface area contributed by atoms with Gasteiger partial charge in [-0.05, 0) is 12.1 Å². The zero-order chi connectivity index (χ0) is 16.1. The maximum absolute atomic E-state index is 9.98. The summed E-state index contributed by atoms with van der Waals surface area (Å²) in [4.78, 5) is 3.79. The summed E-state index contributed by atoms with van der Waals surface area (Å²) in [7, 11) is 0. The second-order valence-electron chi connectivity index (χ2n) is 4.36. The first-order chi connectivity index (χ1) is 10.5. The van der Waals surface area contributed by atoms with Gasteiger partial charge in [0.25, 0.3) is 0 Å². The molecular weight excluding hydrogens is 327 g/mol. The standard InChI is InChI=1S/C14H10Cl2N4O2/c15-9-1-2-11(16)14(3-9)22-7-10(21)6-20-8-19-12(4-17)13(20)5-18/h1-3,8,10,21H,6-7H2. The van der Waals surface area contributed by atoms with Crippen molar-refractivity contribution in [3.05, 3.63) is 46.0 Å². The van der Waals surface area contributed by atoms with Gasteiger partial charge in [-0.15, -0.1) is 0 Å². The Bertz CT molecular complexity index is 761. The summed E-state index contributed by atoms with van der Waals surface area (Å²) < 4.78 is 6.81. The van der Waals surface area contributed by atoms with E-state index < -0.39 is 6.10 Å². The van der Waals surface area contributed by atoms with E-state index in [1.807, 2.05) is 12.1 Å². The molecule has 0 aliphatic carbocycles. The molecule has 1 unspecified atom stereocenters. The van der Waals surface area contributed by atoms with Crippen LogP contribution in [0.1, 0.15) is 11.4 Å². The smallest absolute Gasteiger partial charge is 0.176 e. The van der Waals surface area contributed by atoms with Gasteiger partial charge in [-0.3, -0.25) is 0 Å². The fourth-order valence-electron chi connectivity index (χ4n) is 1.77. The Labute approximate surface area is 136 Å². The first kappa shape index (κ1) is 16.1. The third-order valence-electron chi connectivity index (χ3n) is 2.78. The Balaban J connectivity index is 2.01. The first-order valence-corrected chi connectivity index (χ1v) is 6.92. The molecule has 0 aliphatic heterocycles. The van der Waals surface area contributed by atoms with Crippen LogP contribution in [-0.2, 0) is 6.54 Å². The fraction of sp³-hybridized carbons (Fsp3) is 0.214. The van der Waals surface area contributed by atoms with Crippen molar-refractivity contribution in [3.8, 4) is 17.9 Å². The molecule has 0 saturated carbocycles. The fourth-order valence-corrected chi connectivity index (χ4v) is 2.11. The van der Waals surface area contributed by atoms with Crippen molar-refractivity contribution in [3.63, 3.8) is 0 Å². The third kappa shape index (κ3) is 3.69. The van der Waals surface area contributed by atoms with Gasteiger partial charge in [0.05, 0.1) is 17.9 Å². The van der Waals surface area contributed by atoms with Crippen LogP contribution < -0.4 is 4.74 Å². The summed E-state index contributed by atoms with van der Waals surface area (Å²) in [6.45, 7) is 0.0146. The Morgan fingerprint density at radius 1 is 1.32 bits per heavy atom. The van der Waals surface area contributed by atoms with E-state index in [2.05, 4.69) is 4.98 Å². The van der Waals surface area contributed by atoms with Crippen molar-refractivity contribution in [2.24, 2.45) is 0 Å². The predicted octanol–water partition coefficient (Wildman–Crippen LogP) is 2.37. The largest absolute Gasteiger partial charge is 0.489 e. The quantitative estimate of drug-likeness (QED) is 0.904. The van der Waals surface area contributed by atoms with Gasteiger partial charge in [-0.25, -0.2) is 4.98 Å². The number of ether oxygens (including phenoxy) is 1. The van der Waals surface area contributed by atoms with E-state index in [0.717, 1.165) is 0 Å². The van der Waals surface area contributed by atoms with E-state index in [9.17, 15) is 5.11 Å². The van der Waals surface area contributed by atoms with E-state index in [4.69, 9.17) is 38.5 Å². The minimum absolute atomic E-state index is 0.0218. The molecule has 112 valence electrons. The number of hydrogen-bond donors (Lipinski definition) is 1. The van der Waals surface area contributed by atoms with Crippen LogP contribution in [0.3, 0.4) is 0 Å². The van der Waals surface area contributed by atoms with Crippen LogP contribution in [0.15, 0.2) is 24.5 Å². The summed E-state index contributed by atoms with van der Waals surface area (Å²) >= 11 is 11.8. The van der Waals surface area contributed by atoms with Gasteiger partial charge in [0, 0.05) is 11.1 Å². The van der Waals surface area contributed by atoms with E-state index in [-0.39, 0.29) is 24.5 Å². The van der Waals surface area contributed by atoms with Crippen LogP contribution >= 0.6 is 23.2 Å². The Kier molecular flexibility index (Phi) is 5.24. The molecule has 0 spiro atoms. The van der Waals surface area contributed by atoms with Crippen molar-refractivity contribution in [1.82, 2.24) is 9.55 Å². The number of hydrogen-bond acceptors (Lipinski definition) is 5. The lowest BCUT2D eigenvalue weighted by Gasteiger charge is -2.14. The highest BCUT2D eigenvalue weighted by atomic mass is 35.5. The maximum Gasteiger partial charge on any atom is 0.176 e. The van der Waals surface area contributed by atoms with Gasteiger partial charge < -0.3 is 14.4 Å². The SMILES string of the molecule is N#Cc1ncn(CC(O)COc2cc(Cl)ccc2Cl)c1C#N. The van der Waals surface area contributed by atoms with E-state index >= 15 is 0 Å². The number of benzene rings is 1. The maximum atomic E-state index is 9.98. The number of halogens is 2. The van der Waals surface area contributed by atoms with Gasteiger partial charge in [0.15, 0.2) is 11.4 Å². The highest BCUT2D eigenvalue weighted by Gasteiger charge is 2.14. The second-order valence-corrected chi connectivity index (χ2v) is 5.20. The van der Waals surface area contributed by atoms with E-state index in [0.29, 0.717) is 15.8 Å².